The first kappa shape index (κ1) is 11.6. The lowest BCUT2D eigenvalue weighted by Gasteiger charge is -2.21. The first-order valence-corrected chi connectivity index (χ1v) is 6.37. The fraction of sp³-hybridized carbons (Fsp3) is 0.833. The van der Waals surface area contributed by atoms with E-state index >= 15 is 0 Å². The Labute approximate surface area is 96.7 Å². The number of rotatable bonds is 4. The maximum Gasteiger partial charge on any atom is 0.158 e. The minimum absolute atomic E-state index is 0.00843. The standard InChI is InChI=1S/C12H21N3O/c1-2-15-11(13-14-12(15)9-16)8-10-6-4-3-5-7-10/h10,16H,2-9H2,1H3. The maximum atomic E-state index is 9.15. The van der Waals surface area contributed by atoms with Gasteiger partial charge in [0.2, 0.25) is 0 Å². The summed E-state index contributed by atoms with van der Waals surface area (Å²) in [6, 6.07) is 0. The van der Waals surface area contributed by atoms with Crippen LogP contribution in [0.4, 0.5) is 0 Å². The van der Waals surface area contributed by atoms with Crippen molar-refractivity contribution >= 4 is 0 Å². The summed E-state index contributed by atoms with van der Waals surface area (Å²) in [5, 5.41) is 17.4. The zero-order valence-electron chi connectivity index (χ0n) is 10.0. The Bertz CT molecular complexity index is 329. The number of aliphatic hydroxyl groups is 1. The zero-order valence-corrected chi connectivity index (χ0v) is 10.0. The SMILES string of the molecule is CCn1c(CO)nnc1CC1CCCCC1. The molecule has 1 N–H and O–H groups in total. The van der Waals surface area contributed by atoms with Crippen LogP contribution >= 0.6 is 0 Å². The minimum atomic E-state index is -0.00843. The van der Waals surface area contributed by atoms with Crippen LogP contribution in [-0.2, 0) is 19.6 Å². The molecule has 0 aromatic carbocycles. The van der Waals surface area contributed by atoms with E-state index in [4.69, 9.17) is 5.11 Å². The normalized spacial score (nSPS) is 17.9. The number of aromatic nitrogens is 3. The summed E-state index contributed by atoms with van der Waals surface area (Å²) in [4.78, 5) is 0. The molecule has 4 nitrogen and oxygen atoms in total. The van der Waals surface area contributed by atoms with Crippen LogP contribution in [0, 0.1) is 5.92 Å². The Balaban J connectivity index is 2.05. The van der Waals surface area contributed by atoms with Crippen LogP contribution in [0.1, 0.15) is 50.7 Å². The molecular formula is C12H21N3O. The molecule has 4 heteroatoms. The lowest BCUT2D eigenvalue weighted by atomic mass is 9.87. The number of hydrogen-bond donors (Lipinski definition) is 1. The summed E-state index contributed by atoms with van der Waals surface area (Å²) < 4.78 is 2.05. The molecule has 1 aromatic heterocycles. The third-order valence-corrected chi connectivity index (χ3v) is 3.56. The molecule has 0 amide bonds. The van der Waals surface area contributed by atoms with Gasteiger partial charge in [-0.05, 0) is 12.8 Å². The Morgan fingerprint density at radius 1 is 1.19 bits per heavy atom. The highest BCUT2D eigenvalue weighted by molar-refractivity contribution is 4.96. The summed E-state index contributed by atoms with van der Waals surface area (Å²) in [7, 11) is 0. The molecule has 16 heavy (non-hydrogen) atoms. The lowest BCUT2D eigenvalue weighted by Crippen LogP contribution is -2.14. The Kier molecular flexibility index (Phi) is 3.93. The van der Waals surface area contributed by atoms with Gasteiger partial charge in [-0.15, -0.1) is 10.2 Å². The summed E-state index contributed by atoms with van der Waals surface area (Å²) in [5.41, 5.74) is 0. The van der Waals surface area contributed by atoms with Gasteiger partial charge in [-0.25, -0.2) is 0 Å². The van der Waals surface area contributed by atoms with E-state index in [2.05, 4.69) is 21.7 Å². The van der Waals surface area contributed by atoms with Crippen molar-refractivity contribution in [1.82, 2.24) is 14.8 Å². The van der Waals surface area contributed by atoms with E-state index in [1.807, 2.05) is 0 Å². The van der Waals surface area contributed by atoms with Gasteiger partial charge in [0.1, 0.15) is 12.4 Å². The first-order valence-electron chi connectivity index (χ1n) is 6.37. The van der Waals surface area contributed by atoms with Gasteiger partial charge in [-0.1, -0.05) is 32.1 Å². The Morgan fingerprint density at radius 2 is 1.88 bits per heavy atom. The fourth-order valence-corrected chi connectivity index (χ4v) is 2.65. The van der Waals surface area contributed by atoms with Crippen molar-refractivity contribution in [2.45, 2.75) is 58.6 Å². The van der Waals surface area contributed by atoms with Gasteiger partial charge < -0.3 is 9.67 Å². The number of aliphatic hydroxyl groups excluding tert-OH is 1. The van der Waals surface area contributed by atoms with Crippen molar-refractivity contribution in [3.63, 3.8) is 0 Å². The highest BCUT2D eigenvalue weighted by atomic mass is 16.3. The van der Waals surface area contributed by atoms with Crippen molar-refractivity contribution in [1.29, 1.82) is 0 Å². The van der Waals surface area contributed by atoms with Gasteiger partial charge in [-0.3, -0.25) is 0 Å². The second-order valence-corrected chi connectivity index (χ2v) is 4.64. The second kappa shape index (κ2) is 5.43. The molecule has 1 fully saturated rings. The van der Waals surface area contributed by atoms with E-state index in [0.29, 0.717) is 5.82 Å². The van der Waals surface area contributed by atoms with Crippen LogP contribution in [0.15, 0.2) is 0 Å². The van der Waals surface area contributed by atoms with Crippen LogP contribution in [-0.4, -0.2) is 19.9 Å². The fourth-order valence-electron chi connectivity index (χ4n) is 2.65. The molecule has 0 unspecified atom stereocenters. The molecule has 1 aromatic rings. The quantitative estimate of drug-likeness (QED) is 0.848. The molecule has 0 atom stereocenters. The zero-order chi connectivity index (χ0) is 11.4. The van der Waals surface area contributed by atoms with Crippen molar-refractivity contribution < 1.29 is 5.11 Å². The highest BCUT2D eigenvalue weighted by Gasteiger charge is 2.18. The highest BCUT2D eigenvalue weighted by Crippen LogP contribution is 2.26. The summed E-state index contributed by atoms with van der Waals surface area (Å²) in [5.74, 6) is 2.53. The van der Waals surface area contributed by atoms with Crippen LogP contribution < -0.4 is 0 Å². The Morgan fingerprint density at radius 3 is 2.50 bits per heavy atom. The third-order valence-electron chi connectivity index (χ3n) is 3.56. The lowest BCUT2D eigenvalue weighted by molar-refractivity contribution is 0.264. The van der Waals surface area contributed by atoms with Crippen molar-refractivity contribution in [2.24, 2.45) is 5.92 Å². The molecular weight excluding hydrogens is 202 g/mol. The van der Waals surface area contributed by atoms with E-state index < -0.39 is 0 Å². The molecule has 0 saturated heterocycles. The van der Waals surface area contributed by atoms with Crippen LogP contribution in [0.5, 0.6) is 0 Å². The summed E-state index contributed by atoms with van der Waals surface area (Å²) in [6.45, 7) is 2.92. The van der Waals surface area contributed by atoms with Gasteiger partial charge in [0.15, 0.2) is 5.82 Å². The monoisotopic (exact) mass is 223 g/mol. The summed E-state index contributed by atoms with van der Waals surface area (Å²) >= 11 is 0. The average molecular weight is 223 g/mol. The molecule has 0 aliphatic heterocycles. The van der Waals surface area contributed by atoms with Gasteiger partial charge in [0, 0.05) is 13.0 Å². The molecule has 0 radical (unpaired) electrons. The predicted octanol–water partition coefficient (Wildman–Crippen LogP) is 1.91. The van der Waals surface area contributed by atoms with Gasteiger partial charge in [0.05, 0.1) is 0 Å². The second-order valence-electron chi connectivity index (χ2n) is 4.64. The molecule has 1 aliphatic carbocycles. The largest absolute Gasteiger partial charge is 0.388 e. The number of nitrogens with zero attached hydrogens (tertiary/aromatic N) is 3. The van der Waals surface area contributed by atoms with Crippen molar-refractivity contribution in [2.75, 3.05) is 0 Å². The van der Waals surface area contributed by atoms with Gasteiger partial charge >= 0.3 is 0 Å². The predicted molar refractivity (Wildman–Crippen MR) is 61.9 cm³/mol. The van der Waals surface area contributed by atoms with E-state index in [9.17, 15) is 0 Å². The average Bonchev–Trinajstić information content (AvgIpc) is 2.72. The maximum absolute atomic E-state index is 9.15. The molecule has 0 bridgehead atoms. The van der Waals surface area contributed by atoms with Gasteiger partial charge in [-0.2, -0.15) is 0 Å². The van der Waals surface area contributed by atoms with E-state index in [1.165, 1.54) is 32.1 Å². The summed E-state index contributed by atoms with van der Waals surface area (Å²) in [6.07, 6.45) is 7.78. The van der Waals surface area contributed by atoms with Crippen LogP contribution in [0.25, 0.3) is 0 Å². The topological polar surface area (TPSA) is 50.9 Å². The Hall–Kier alpha value is -0.900. The molecule has 2 rings (SSSR count). The molecule has 1 saturated carbocycles. The molecule has 1 aliphatic rings. The molecule has 1 heterocycles. The van der Waals surface area contributed by atoms with Crippen molar-refractivity contribution in [3.05, 3.63) is 11.6 Å². The molecule has 90 valence electrons. The first-order chi connectivity index (χ1) is 7.85. The van der Waals surface area contributed by atoms with E-state index in [1.54, 1.807) is 0 Å². The van der Waals surface area contributed by atoms with Crippen LogP contribution in [0.2, 0.25) is 0 Å². The van der Waals surface area contributed by atoms with E-state index in [-0.39, 0.29) is 6.61 Å². The van der Waals surface area contributed by atoms with Crippen molar-refractivity contribution in [3.8, 4) is 0 Å². The smallest absolute Gasteiger partial charge is 0.158 e. The van der Waals surface area contributed by atoms with Crippen LogP contribution in [0.3, 0.4) is 0 Å². The number of hydrogen-bond acceptors (Lipinski definition) is 3. The minimum Gasteiger partial charge on any atom is -0.388 e. The molecule has 0 spiro atoms. The van der Waals surface area contributed by atoms with Gasteiger partial charge in [0.25, 0.3) is 0 Å². The third kappa shape index (κ3) is 2.43. The van der Waals surface area contributed by atoms with E-state index in [0.717, 1.165) is 24.7 Å².